The van der Waals surface area contributed by atoms with E-state index in [1.54, 1.807) is 30.2 Å². The average Bonchev–Trinajstić information content (AvgIpc) is 3.01. The first-order valence-electron chi connectivity index (χ1n) is 5.74. The summed E-state index contributed by atoms with van der Waals surface area (Å²) in [5.74, 6) is -0.387. The predicted molar refractivity (Wildman–Crippen MR) is 69.6 cm³/mol. The highest BCUT2D eigenvalue weighted by atomic mass is 16.5. The molecule has 0 atom stereocenters. The monoisotopic (exact) mass is 256 g/mol. The van der Waals surface area contributed by atoms with Crippen LogP contribution in [0.5, 0.6) is 0 Å². The van der Waals surface area contributed by atoms with Gasteiger partial charge >= 0.3 is 5.97 Å². The van der Waals surface area contributed by atoms with Gasteiger partial charge in [0, 0.05) is 36.6 Å². The van der Waals surface area contributed by atoms with Crippen LogP contribution in [0.1, 0.15) is 10.5 Å². The van der Waals surface area contributed by atoms with Crippen molar-refractivity contribution in [3.63, 3.8) is 0 Å². The maximum atomic E-state index is 11.9. The number of methoxy groups -OCH3 is 1. The Bertz CT molecular complexity index is 757. The number of nitrogens with one attached hydrogen (secondary N) is 1. The van der Waals surface area contributed by atoms with E-state index >= 15 is 0 Å². The maximum absolute atomic E-state index is 11.9. The number of hydrogen-bond acceptors (Lipinski definition) is 4. The fraction of sp³-hybridized carbons (Fsp3) is 0.154. The standard InChI is InChI=1S/C13H12N4O2/c1-17-6-4-8(12(17)13(18)19-2)11-9-7-14-5-3-10(9)15-16-11/h3-7H,1-2H3,(H,15,16). The van der Waals surface area contributed by atoms with Gasteiger partial charge in [-0.2, -0.15) is 5.10 Å². The van der Waals surface area contributed by atoms with Gasteiger partial charge in [0.2, 0.25) is 0 Å². The van der Waals surface area contributed by atoms with Crippen molar-refractivity contribution in [3.05, 3.63) is 36.4 Å². The number of aromatic amines is 1. The molecule has 0 aliphatic carbocycles. The number of carbonyl (C=O) groups excluding carboxylic acids is 1. The van der Waals surface area contributed by atoms with Crippen LogP contribution < -0.4 is 0 Å². The van der Waals surface area contributed by atoms with Crippen molar-refractivity contribution >= 4 is 16.9 Å². The zero-order valence-corrected chi connectivity index (χ0v) is 10.5. The molecule has 0 unspecified atom stereocenters. The van der Waals surface area contributed by atoms with Crippen molar-refractivity contribution in [1.29, 1.82) is 0 Å². The fourth-order valence-electron chi connectivity index (χ4n) is 2.13. The molecule has 19 heavy (non-hydrogen) atoms. The molecule has 3 rings (SSSR count). The van der Waals surface area contributed by atoms with Crippen molar-refractivity contribution in [3.8, 4) is 11.3 Å². The molecule has 0 aliphatic rings. The Morgan fingerprint density at radius 1 is 1.42 bits per heavy atom. The van der Waals surface area contributed by atoms with Gasteiger partial charge in [0.05, 0.1) is 12.6 Å². The number of carbonyl (C=O) groups is 1. The summed E-state index contributed by atoms with van der Waals surface area (Å²) in [4.78, 5) is 15.9. The van der Waals surface area contributed by atoms with Gasteiger partial charge in [0.25, 0.3) is 0 Å². The summed E-state index contributed by atoms with van der Waals surface area (Å²) in [6, 6.07) is 3.68. The predicted octanol–water partition coefficient (Wildman–Crippen LogP) is 1.75. The molecule has 0 radical (unpaired) electrons. The maximum Gasteiger partial charge on any atom is 0.355 e. The Morgan fingerprint density at radius 3 is 3.05 bits per heavy atom. The molecule has 3 aromatic rings. The third-order valence-electron chi connectivity index (χ3n) is 3.07. The lowest BCUT2D eigenvalue weighted by molar-refractivity contribution is 0.0591. The zero-order chi connectivity index (χ0) is 13.4. The highest BCUT2D eigenvalue weighted by Crippen LogP contribution is 2.29. The molecule has 96 valence electrons. The smallest absolute Gasteiger partial charge is 0.355 e. The molecule has 1 N–H and O–H groups in total. The van der Waals surface area contributed by atoms with Gasteiger partial charge < -0.3 is 9.30 Å². The third-order valence-corrected chi connectivity index (χ3v) is 3.07. The summed E-state index contributed by atoms with van der Waals surface area (Å²) in [7, 11) is 3.16. The van der Waals surface area contributed by atoms with Gasteiger partial charge in [-0.05, 0) is 12.1 Å². The van der Waals surface area contributed by atoms with Crippen LogP contribution in [0.15, 0.2) is 30.7 Å². The minimum atomic E-state index is -0.387. The number of nitrogens with zero attached hydrogens (tertiary/aromatic N) is 3. The Kier molecular flexibility index (Phi) is 2.56. The van der Waals surface area contributed by atoms with Gasteiger partial charge in [-0.15, -0.1) is 0 Å². The first kappa shape index (κ1) is 11.5. The second-order valence-electron chi connectivity index (χ2n) is 4.17. The quantitative estimate of drug-likeness (QED) is 0.709. The molecular formula is C13H12N4O2. The van der Waals surface area contributed by atoms with E-state index in [1.165, 1.54) is 7.11 Å². The van der Waals surface area contributed by atoms with E-state index in [0.717, 1.165) is 16.5 Å². The summed E-state index contributed by atoms with van der Waals surface area (Å²) in [5, 5.41) is 8.07. The molecule has 6 nitrogen and oxygen atoms in total. The Labute approximate surface area is 109 Å². The van der Waals surface area contributed by atoms with Crippen molar-refractivity contribution in [2.75, 3.05) is 7.11 Å². The molecule has 0 aliphatic heterocycles. The number of aryl methyl sites for hydroxylation is 1. The van der Waals surface area contributed by atoms with Gasteiger partial charge in [-0.25, -0.2) is 4.79 Å². The van der Waals surface area contributed by atoms with E-state index in [1.807, 2.05) is 12.1 Å². The largest absolute Gasteiger partial charge is 0.464 e. The molecule has 0 saturated heterocycles. The third kappa shape index (κ3) is 1.69. The summed E-state index contributed by atoms with van der Waals surface area (Å²) >= 11 is 0. The minimum Gasteiger partial charge on any atom is -0.464 e. The number of H-pyrrole nitrogens is 1. The van der Waals surface area contributed by atoms with Gasteiger partial charge in [-0.3, -0.25) is 10.1 Å². The number of esters is 1. The van der Waals surface area contributed by atoms with Crippen LogP contribution in [0.25, 0.3) is 22.2 Å². The number of pyridine rings is 1. The van der Waals surface area contributed by atoms with Crippen LogP contribution in [0, 0.1) is 0 Å². The lowest BCUT2D eigenvalue weighted by Crippen LogP contribution is -2.08. The van der Waals surface area contributed by atoms with Gasteiger partial charge in [0.15, 0.2) is 0 Å². The van der Waals surface area contributed by atoms with E-state index in [2.05, 4.69) is 15.2 Å². The van der Waals surface area contributed by atoms with Crippen molar-refractivity contribution in [1.82, 2.24) is 19.7 Å². The molecule has 0 aromatic carbocycles. The Balaban J connectivity index is 2.25. The van der Waals surface area contributed by atoms with Gasteiger partial charge in [0.1, 0.15) is 11.4 Å². The summed E-state index contributed by atoms with van der Waals surface area (Å²) in [6.45, 7) is 0. The first-order valence-corrected chi connectivity index (χ1v) is 5.74. The molecule has 0 amide bonds. The van der Waals surface area contributed by atoms with Crippen LogP contribution >= 0.6 is 0 Å². The van der Waals surface area contributed by atoms with Crippen LogP contribution in [-0.4, -0.2) is 32.8 Å². The molecular weight excluding hydrogens is 244 g/mol. The highest BCUT2D eigenvalue weighted by molar-refractivity contribution is 6.01. The van der Waals surface area contributed by atoms with Crippen LogP contribution in [-0.2, 0) is 11.8 Å². The van der Waals surface area contributed by atoms with Crippen molar-refractivity contribution in [2.24, 2.45) is 7.05 Å². The highest BCUT2D eigenvalue weighted by Gasteiger charge is 2.20. The number of rotatable bonds is 2. The number of aromatic nitrogens is 4. The van der Waals surface area contributed by atoms with Crippen LogP contribution in [0.4, 0.5) is 0 Å². The molecule has 0 bridgehead atoms. The normalized spacial score (nSPS) is 10.8. The van der Waals surface area contributed by atoms with E-state index < -0.39 is 0 Å². The molecule has 3 aromatic heterocycles. The number of hydrogen-bond donors (Lipinski definition) is 1. The van der Waals surface area contributed by atoms with Crippen LogP contribution in [0.2, 0.25) is 0 Å². The minimum absolute atomic E-state index is 0.387. The number of ether oxygens (including phenoxy) is 1. The second-order valence-corrected chi connectivity index (χ2v) is 4.17. The Hall–Kier alpha value is -2.63. The SMILES string of the molecule is COC(=O)c1c(-c2n[nH]c3ccncc23)ccn1C. The van der Waals surface area contributed by atoms with E-state index in [9.17, 15) is 4.79 Å². The van der Waals surface area contributed by atoms with Gasteiger partial charge in [-0.1, -0.05) is 0 Å². The molecule has 0 spiro atoms. The topological polar surface area (TPSA) is 72.8 Å². The zero-order valence-electron chi connectivity index (χ0n) is 10.5. The fourth-order valence-corrected chi connectivity index (χ4v) is 2.13. The second kappa shape index (κ2) is 4.24. The molecule has 3 heterocycles. The average molecular weight is 256 g/mol. The molecule has 6 heteroatoms. The summed E-state index contributed by atoms with van der Waals surface area (Å²) < 4.78 is 6.53. The lowest BCUT2D eigenvalue weighted by Gasteiger charge is -2.03. The van der Waals surface area contributed by atoms with E-state index in [-0.39, 0.29) is 5.97 Å². The summed E-state index contributed by atoms with van der Waals surface area (Å²) in [6.07, 6.45) is 5.22. The van der Waals surface area contributed by atoms with E-state index in [4.69, 9.17) is 4.74 Å². The molecule has 0 saturated carbocycles. The number of fused-ring (bicyclic) bond motifs is 1. The lowest BCUT2D eigenvalue weighted by atomic mass is 10.1. The van der Waals surface area contributed by atoms with Crippen molar-refractivity contribution < 1.29 is 9.53 Å². The van der Waals surface area contributed by atoms with Crippen LogP contribution in [0.3, 0.4) is 0 Å². The summed E-state index contributed by atoms with van der Waals surface area (Å²) in [5.41, 5.74) is 2.78. The van der Waals surface area contributed by atoms with E-state index in [0.29, 0.717) is 11.4 Å². The first-order chi connectivity index (χ1) is 9.22. The Morgan fingerprint density at radius 2 is 2.26 bits per heavy atom. The van der Waals surface area contributed by atoms with Crippen molar-refractivity contribution in [2.45, 2.75) is 0 Å². The molecule has 0 fully saturated rings.